The average molecular weight is 319 g/mol. The van der Waals surface area contributed by atoms with E-state index in [1.54, 1.807) is 0 Å². The van der Waals surface area contributed by atoms with Gasteiger partial charge in [0.25, 0.3) is 0 Å². The summed E-state index contributed by atoms with van der Waals surface area (Å²) in [4.78, 5) is 2.69. The van der Waals surface area contributed by atoms with Crippen LogP contribution >= 0.6 is 12.2 Å². The van der Waals surface area contributed by atoms with Crippen LogP contribution in [-0.4, -0.2) is 49.2 Å². The molecule has 0 amide bonds. The van der Waals surface area contributed by atoms with E-state index >= 15 is 0 Å². The largest absolute Gasteiger partial charge is 0.392 e. The van der Waals surface area contributed by atoms with E-state index in [0.29, 0.717) is 11.5 Å². The van der Waals surface area contributed by atoms with Crippen molar-refractivity contribution in [3.05, 3.63) is 0 Å². The maximum absolute atomic E-state index is 12.3. The van der Waals surface area contributed by atoms with Crippen LogP contribution in [-0.2, 0) is 10.0 Å². The monoisotopic (exact) mass is 319 g/mol. The van der Waals surface area contributed by atoms with Gasteiger partial charge in [-0.05, 0) is 25.7 Å². The molecule has 3 N–H and O–H groups in total. The molecule has 1 aliphatic heterocycles. The number of nitrogens with zero attached hydrogens (tertiary/aromatic N) is 1. The topological polar surface area (TPSA) is 75.4 Å². The van der Waals surface area contributed by atoms with Crippen molar-refractivity contribution in [2.24, 2.45) is 5.73 Å². The Balaban J connectivity index is 1.80. The van der Waals surface area contributed by atoms with Crippen molar-refractivity contribution in [2.75, 3.05) is 19.6 Å². The minimum Gasteiger partial charge on any atom is -0.392 e. The first-order valence-corrected chi connectivity index (χ1v) is 9.44. The summed E-state index contributed by atoms with van der Waals surface area (Å²) >= 11 is 4.90. The summed E-state index contributed by atoms with van der Waals surface area (Å²) in [6.45, 7) is 2.35. The summed E-state index contributed by atoms with van der Waals surface area (Å²) in [6.07, 6.45) is 6.56. The zero-order valence-electron chi connectivity index (χ0n) is 11.9. The lowest BCUT2D eigenvalue weighted by Crippen LogP contribution is -2.48. The first-order chi connectivity index (χ1) is 9.47. The molecule has 5 nitrogen and oxygen atoms in total. The smallest absolute Gasteiger partial charge is 0.214 e. The molecule has 0 atom stereocenters. The third-order valence-electron chi connectivity index (χ3n) is 4.29. The fourth-order valence-electron chi connectivity index (χ4n) is 3.13. The summed E-state index contributed by atoms with van der Waals surface area (Å²) in [6, 6.07) is 0.0736. The summed E-state index contributed by atoms with van der Waals surface area (Å²) < 4.78 is 27.6. The van der Waals surface area contributed by atoms with Crippen molar-refractivity contribution in [1.29, 1.82) is 0 Å². The average Bonchev–Trinajstić information content (AvgIpc) is 2.41. The Hall–Kier alpha value is -0.240. The second-order valence-corrected chi connectivity index (χ2v) is 8.46. The van der Waals surface area contributed by atoms with Crippen molar-refractivity contribution in [3.8, 4) is 0 Å². The molecule has 1 heterocycles. The van der Waals surface area contributed by atoms with E-state index in [1.807, 2.05) is 0 Å². The normalized spacial score (nSPS) is 23.8. The Morgan fingerprint density at radius 2 is 1.75 bits per heavy atom. The molecular weight excluding hydrogens is 294 g/mol. The highest BCUT2D eigenvalue weighted by Crippen LogP contribution is 2.24. The van der Waals surface area contributed by atoms with E-state index < -0.39 is 10.0 Å². The van der Waals surface area contributed by atoms with Gasteiger partial charge in [0.2, 0.25) is 10.0 Å². The molecule has 7 heteroatoms. The molecule has 2 rings (SSSR count). The number of nitrogens with two attached hydrogens (primary N) is 1. The van der Waals surface area contributed by atoms with Crippen molar-refractivity contribution < 1.29 is 8.42 Å². The van der Waals surface area contributed by atoms with Gasteiger partial charge < -0.3 is 5.73 Å². The van der Waals surface area contributed by atoms with E-state index in [0.717, 1.165) is 51.6 Å². The van der Waals surface area contributed by atoms with E-state index in [4.69, 9.17) is 18.0 Å². The molecule has 0 aromatic carbocycles. The fraction of sp³-hybridized carbons (Fsp3) is 0.923. The van der Waals surface area contributed by atoms with E-state index in [9.17, 15) is 8.42 Å². The van der Waals surface area contributed by atoms with E-state index in [1.165, 1.54) is 6.42 Å². The minimum atomic E-state index is -3.14. The molecule has 1 aliphatic carbocycles. The number of hydrogen-bond donors (Lipinski definition) is 2. The van der Waals surface area contributed by atoms with Crippen LogP contribution in [0.1, 0.15) is 44.9 Å². The van der Waals surface area contributed by atoms with Crippen LogP contribution in [0.15, 0.2) is 0 Å². The summed E-state index contributed by atoms with van der Waals surface area (Å²) in [5, 5.41) is -0.175. The molecule has 0 unspecified atom stereocenters. The zero-order chi connectivity index (χ0) is 14.6. The van der Waals surface area contributed by atoms with Crippen LogP contribution in [0.2, 0.25) is 0 Å². The van der Waals surface area contributed by atoms with Crippen LogP contribution in [0.25, 0.3) is 0 Å². The van der Waals surface area contributed by atoms with Crippen molar-refractivity contribution in [1.82, 2.24) is 9.62 Å². The Kier molecular flexibility index (Phi) is 5.77. The molecular formula is C13H25N3O2S2. The number of rotatable bonds is 5. The number of hydrogen-bond acceptors (Lipinski definition) is 4. The number of thiocarbonyl (C=S) groups is 1. The Morgan fingerprint density at radius 1 is 1.15 bits per heavy atom. The summed E-state index contributed by atoms with van der Waals surface area (Å²) in [7, 11) is -3.14. The molecule has 0 spiro atoms. The van der Waals surface area contributed by atoms with Gasteiger partial charge in [-0.2, -0.15) is 0 Å². The van der Waals surface area contributed by atoms with Crippen molar-refractivity contribution in [3.63, 3.8) is 0 Å². The zero-order valence-corrected chi connectivity index (χ0v) is 13.5. The predicted molar refractivity (Wildman–Crippen MR) is 85.2 cm³/mol. The Bertz CT molecular complexity index is 425. The van der Waals surface area contributed by atoms with E-state index in [2.05, 4.69) is 9.62 Å². The molecule has 20 heavy (non-hydrogen) atoms. The SMILES string of the molecule is NC(=S)CN1CCC(NS(=O)(=O)C2CCCCC2)CC1. The molecule has 2 fully saturated rings. The molecule has 116 valence electrons. The van der Waals surface area contributed by atoms with Gasteiger partial charge in [0.1, 0.15) is 0 Å². The van der Waals surface area contributed by atoms with Crippen LogP contribution in [0.3, 0.4) is 0 Å². The van der Waals surface area contributed by atoms with Gasteiger partial charge in [0, 0.05) is 25.7 Å². The van der Waals surface area contributed by atoms with Crippen LogP contribution in [0, 0.1) is 0 Å². The third-order valence-corrected chi connectivity index (χ3v) is 6.43. The summed E-state index contributed by atoms with van der Waals surface area (Å²) in [5.74, 6) is 0. The van der Waals surface area contributed by atoms with Gasteiger partial charge in [-0.25, -0.2) is 13.1 Å². The highest BCUT2D eigenvalue weighted by Gasteiger charge is 2.30. The molecule has 0 bridgehead atoms. The number of likely N-dealkylation sites (tertiary alicyclic amines) is 1. The highest BCUT2D eigenvalue weighted by molar-refractivity contribution is 7.90. The first kappa shape index (κ1) is 16.1. The fourth-order valence-corrected chi connectivity index (χ4v) is 5.16. The molecule has 1 saturated heterocycles. The number of nitrogens with one attached hydrogen (secondary N) is 1. The maximum Gasteiger partial charge on any atom is 0.214 e. The highest BCUT2D eigenvalue weighted by atomic mass is 32.2. The van der Waals surface area contributed by atoms with Gasteiger partial charge >= 0.3 is 0 Å². The quantitative estimate of drug-likeness (QED) is 0.739. The van der Waals surface area contributed by atoms with Gasteiger partial charge in [-0.1, -0.05) is 31.5 Å². The van der Waals surface area contributed by atoms with Crippen molar-refractivity contribution in [2.45, 2.75) is 56.2 Å². The summed E-state index contributed by atoms with van der Waals surface area (Å²) in [5.41, 5.74) is 5.54. The van der Waals surface area contributed by atoms with Gasteiger partial charge in [0.05, 0.1) is 10.2 Å². The Morgan fingerprint density at radius 3 is 2.30 bits per heavy atom. The molecule has 2 aliphatic rings. The lowest BCUT2D eigenvalue weighted by Gasteiger charge is -2.33. The maximum atomic E-state index is 12.3. The Labute approximate surface area is 127 Å². The number of piperidine rings is 1. The van der Waals surface area contributed by atoms with Crippen molar-refractivity contribution >= 4 is 27.2 Å². The third kappa shape index (κ3) is 4.65. The molecule has 0 radical (unpaired) electrons. The first-order valence-electron chi connectivity index (χ1n) is 7.49. The van der Waals surface area contributed by atoms with Gasteiger partial charge in [-0.3, -0.25) is 4.90 Å². The van der Waals surface area contributed by atoms with E-state index in [-0.39, 0.29) is 11.3 Å². The second kappa shape index (κ2) is 7.15. The van der Waals surface area contributed by atoms with Crippen LogP contribution in [0.5, 0.6) is 0 Å². The minimum absolute atomic E-state index is 0.0736. The van der Waals surface area contributed by atoms with Crippen LogP contribution in [0.4, 0.5) is 0 Å². The number of sulfonamides is 1. The molecule has 0 aromatic heterocycles. The molecule has 1 saturated carbocycles. The van der Waals surface area contributed by atoms with Crippen LogP contribution < -0.4 is 10.5 Å². The predicted octanol–water partition coefficient (Wildman–Crippen LogP) is 0.989. The van der Waals surface area contributed by atoms with Gasteiger partial charge in [0.15, 0.2) is 0 Å². The lowest BCUT2D eigenvalue weighted by atomic mass is 10.0. The molecule has 0 aromatic rings. The lowest BCUT2D eigenvalue weighted by molar-refractivity contribution is 0.232. The second-order valence-electron chi connectivity index (χ2n) is 5.94. The van der Waals surface area contributed by atoms with Gasteiger partial charge in [-0.15, -0.1) is 0 Å². The standard InChI is InChI=1S/C13H25N3O2S2/c14-13(19)10-16-8-6-11(7-9-16)15-20(17,18)12-4-2-1-3-5-12/h11-12,15H,1-10H2,(H2,14,19).